The van der Waals surface area contributed by atoms with Gasteiger partial charge < -0.3 is 5.73 Å². The van der Waals surface area contributed by atoms with Gasteiger partial charge in [-0.15, -0.1) is 10.2 Å². The molecule has 0 aliphatic carbocycles. The van der Waals surface area contributed by atoms with Crippen LogP contribution >= 0.6 is 0 Å². The molecule has 0 unspecified atom stereocenters. The molecule has 1 aromatic heterocycles. The van der Waals surface area contributed by atoms with Crippen molar-refractivity contribution >= 4 is 15.7 Å². The molecule has 0 radical (unpaired) electrons. The summed E-state index contributed by atoms with van der Waals surface area (Å²) in [6.45, 7) is 1.72. The van der Waals surface area contributed by atoms with Crippen molar-refractivity contribution in [3.8, 4) is 0 Å². The molecular weight excluding hydrogens is 256 g/mol. The highest BCUT2D eigenvalue weighted by atomic mass is 32.2. The van der Waals surface area contributed by atoms with Gasteiger partial charge in [0.25, 0.3) is 0 Å². The number of nitrogens with one attached hydrogen (secondary N) is 2. The number of hydrogen-bond donors (Lipinski definition) is 3. The van der Waals surface area contributed by atoms with Crippen LogP contribution < -0.4 is 10.5 Å². The number of H-pyrrole nitrogens is 1. The highest BCUT2D eigenvalue weighted by molar-refractivity contribution is 7.89. The molecule has 0 saturated heterocycles. The Bertz CT molecular complexity index is 637. The van der Waals surface area contributed by atoms with Crippen molar-refractivity contribution in [2.75, 3.05) is 5.73 Å². The second-order valence-corrected chi connectivity index (χ2v) is 5.44. The minimum Gasteiger partial charge on any atom is -0.399 e. The van der Waals surface area contributed by atoms with E-state index in [1.54, 1.807) is 13.0 Å². The van der Waals surface area contributed by atoms with Crippen molar-refractivity contribution in [2.24, 2.45) is 0 Å². The van der Waals surface area contributed by atoms with Gasteiger partial charge in [-0.25, -0.2) is 13.1 Å². The Morgan fingerprint density at radius 2 is 2.22 bits per heavy atom. The molecule has 0 fully saturated rings. The number of hydrogen-bond acceptors (Lipinski definition) is 6. The minimum absolute atomic E-state index is 0.0255. The highest BCUT2D eigenvalue weighted by Gasteiger charge is 2.15. The zero-order chi connectivity index (χ0) is 13.2. The maximum Gasteiger partial charge on any atom is 0.240 e. The van der Waals surface area contributed by atoms with E-state index < -0.39 is 10.0 Å². The van der Waals surface area contributed by atoms with E-state index in [0.29, 0.717) is 11.3 Å². The SMILES string of the molecule is Cc1cc(S(=O)(=O)NCc2nn[nH]n2)ccc1N. The number of nitrogens with zero attached hydrogens (tertiary/aromatic N) is 3. The number of nitrogens with two attached hydrogens (primary N) is 1. The summed E-state index contributed by atoms with van der Waals surface area (Å²) in [5.74, 6) is 0.269. The second-order valence-electron chi connectivity index (χ2n) is 3.67. The third kappa shape index (κ3) is 2.63. The van der Waals surface area contributed by atoms with E-state index in [4.69, 9.17) is 5.73 Å². The highest BCUT2D eigenvalue weighted by Crippen LogP contribution is 2.16. The fourth-order valence-corrected chi connectivity index (χ4v) is 2.38. The molecule has 0 spiro atoms. The first-order chi connectivity index (χ1) is 8.49. The fraction of sp³-hybridized carbons (Fsp3) is 0.222. The molecule has 0 aliphatic heterocycles. The average molecular weight is 268 g/mol. The zero-order valence-corrected chi connectivity index (χ0v) is 10.4. The van der Waals surface area contributed by atoms with Crippen LogP contribution in [-0.2, 0) is 16.6 Å². The van der Waals surface area contributed by atoms with Crippen molar-refractivity contribution in [3.63, 3.8) is 0 Å². The molecule has 96 valence electrons. The van der Waals surface area contributed by atoms with E-state index in [1.165, 1.54) is 12.1 Å². The Hall–Kier alpha value is -2.00. The number of aryl methyl sites for hydroxylation is 1. The van der Waals surface area contributed by atoms with Crippen LogP contribution in [0.2, 0.25) is 0 Å². The van der Waals surface area contributed by atoms with Crippen molar-refractivity contribution in [1.29, 1.82) is 0 Å². The normalized spacial score (nSPS) is 11.6. The van der Waals surface area contributed by atoms with E-state index in [0.717, 1.165) is 0 Å². The lowest BCUT2D eigenvalue weighted by atomic mass is 10.2. The molecule has 1 heterocycles. The summed E-state index contributed by atoms with van der Waals surface area (Å²) in [5, 5.41) is 12.9. The van der Waals surface area contributed by atoms with Gasteiger partial charge in [0.15, 0.2) is 5.82 Å². The summed E-state index contributed by atoms with van der Waals surface area (Å²) < 4.78 is 26.3. The Morgan fingerprint density at radius 1 is 1.44 bits per heavy atom. The number of benzene rings is 1. The standard InChI is InChI=1S/C9H12N6O2S/c1-6-4-7(2-3-8(6)10)18(16,17)11-5-9-12-14-15-13-9/h2-4,11H,5,10H2,1H3,(H,12,13,14,15). The molecule has 1 aromatic carbocycles. The van der Waals surface area contributed by atoms with E-state index in [9.17, 15) is 8.42 Å². The van der Waals surface area contributed by atoms with E-state index in [2.05, 4.69) is 25.3 Å². The van der Waals surface area contributed by atoms with Gasteiger partial charge in [0, 0.05) is 5.69 Å². The van der Waals surface area contributed by atoms with Crippen LogP contribution in [0.25, 0.3) is 0 Å². The smallest absolute Gasteiger partial charge is 0.240 e. The van der Waals surface area contributed by atoms with Gasteiger partial charge in [-0.05, 0) is 30.7 Å². The molecule has 4 N–H and O–H groups in total. The topological polar surface area (TPSA) is 127 Å². The Labute approximate surface area is 104 Å². The van der Waals surface area contributed by atoms with Gasteiger partial charge in [0.05, 0.1) is 11.4 Å². The quantitative estimate of drug-likeness (QED) is 0.646. The third-order valence-electron chi connectivity index (χ3n) is 2.36. The van der Waals surface area contributed by atoms with Gasteiger partial charge in [-0.1, -0.05) is 5.21 Å². The van der Waals surface area contributed by atoms with Crippen molar-refractivity contribution < 1.29 is 8.42 Å². The molecule has 2 rings (SSSR count). The predicted molar refractivity (Wildman–Crippen MR) is 63.8 cm³/mol. The number of anilines is 1. The monoisotopic (exact) mass is 268 g/mol. The molecule has 0 aliphatic rings. The number of rotatable bonds is 4. The molecule has 18 heavy (non-hydrogen) atoms. The van der Waals surface area contributed by atoms with Crippen LogP contribution in [0.5, 0.6) is 0 Å². The first kappa shape index (κ1) is 12.5. The van der Waals surface area contributed by atoms with Gasteiger partial charge in [0.2, 0.25) is 10.0 Å². The maximum absolute atomic E-state index is 12.0. The Kier molecular flexibility index (Phi) is 3.26. The van der Waals surface area contributed by atoms with Crippen LogP contribution in [0.1, 0.15) is 11.4 Å². The average Bonchev–Trinajstić information content (AvgIpc) is 2.83. The summed E-state index contributed by atoms with van der Waals surface area (Å²) in [5.41, 5.74) is 6.89. The lowest BCUT2D eigenvalue weighted by molar-refractivity contribution is 0.579. The summed E-state index contributed by atoms with van der Waals surface area (Å²) in [7, 11) is -3.60. The van der Waals surface area contributed by atoms with Crippen LogP contribution in [0, 0.1) is 6.92 Å². The van der Waals surface area contributed by atoms with Gasteiger partial charge in [0.1, 0.15) is 0 Å². The summed E-state index contributed by atoms with van der Waals surface area (Å²) >= 11 is 0. The van der Waals surface area contributed by atoms with E-state index >= 15 is 0 Å². The van der Waals surface area contributed by atoms with Gasteiger partial charge >= 0.3 is 0 Å². The van der Waals surface area contributed by atoms with Crippen molar-refractivity contribution in [3.05, 3.63) is 29.6 Å². The minimum atomic E-state index is -3.60. The van der Waals surface area contributed by atoms with Crippen molar-refractivity contribution in [2.45, 2.75) is 18.4 Å². The third-order valence-corrected chi connectivity index (χ3v) is 3.76. The van der Waals surface area contributed by atoms with E-state index in [-0.39, 0.29) is 17.3 Å². The number of nitrogen functional groups attached to an aromatic ring is 1. The predicted octanol–water partition coefficient (Wildman–Crippen LogP) is -0.431. The Morgan fingerprint density at radius 3 is 2.83 bits per heavy atom. The first-order valence-electron chi connectivity index (χ1n) is 5.07. The maximum atomic E-state index is 12.0. The lowest BCUT2D eigenvalue weighted by Crippen LogP contribution is -2.24. The molecule has 2 aromatic rings. The van der Waals surface area contributed by atoms with Crippen LogP contribution in [0.15, 0.2) is 23.1 Å². The first-order valence-corrected chi connectivity index (χ1v) is 6.55. The number of sulfonamides is 1. The summed E-state index contributed by atoms with van der Waals surface area (Å²) in [6.07, 6.45) is 0. The molecule has 0 bridgehead atoms. The summed E-state index contributed by atoms with van der Waals surface area (Å²) in [6, 6.07) is 4.51. The number of aromatic amines is 1. The Balaban J connectivity index is 2.17. The second kappa shape index (κ2) is 4.70. The molecular formula is C9H12N6O2S. The van der Waals surface area contributed by atoms with Crippen LogP contribution in [0.4, 0.5) is 5.69 Å². The largest absolute Gasteiger partial charge is 0.399 e. The molecule has 9 heteroatoms. The number of aromatic nitrogens is 4. The van der Waals surface area contributed by atoms with Gasteiger partial charge in [-0.2, -0.15) is 5.21 Å². The van der Waals surface area contributed by atoms with E-state index in [1.807, 2.05) is 0 Å². The van der Waals surface area contributed by atoms with Crippen molar-refractivity contribution in [1.82, 2.24) is 25.3 Å². The number of tetrazole rings is 1. The van der Waals surface area contributed by atoms with Gasteiger partial charge in [-0.3, -0.25) is 0 Å². The van der Waals surface area contributed by atoms with Crippen LogP contribution in [0.3, 0.4) is 0 Å². The molecule has 0 saturated carbocycles. The molecule has 8 nitrogen and oxygen atoms in total. The van der Waals surface area contributed by atoms with Crippen LogP contribution in [-0.4, -0.2) is 29.0 Å². The lowest BCUT2D eigenvalue weighted by Gasteiger charge is -2.07. The molecule has 0 amide bonds. The fourth-order valence-electron chi connectivity index (χ4n) is 1.32. The zero-order valence-electron chi connectivity index (χ0n) is 9.58. The molecule has 0 atom stereocenters. The summed E-state index contributed by atoms with van der Waals surface area (Å²) in [4.78, 5) is 0.151.